The van der Waals surface area contributed by atoms with Crippen LogP contribution in [0.1, 0.15) is 37.9 Å². The second-order valence-electron chi connectivity index (χ2n) is 4.94. The van der Waals surface area contributed by atoms with Crippen molar-refractivity contribution in [3.63, 3.8) is 0 Å². The molecule has 7 heteroatoms. The molecular formula is C12H21N5OS. The number of hydrogen-bond acceptors (Lipinski definition) is 6. The summed E-state index contributed by atoms with van der Waals surface area (Å²) in [4.78, 5) is 8.84. The third-order valence-corrected chi connectivity index (χ3v) is 4.63. The van der Waals surface area contributed by atoms with Crippen LogP contribution in [-0.2, 0) is 10.8 Å². The second kappa shape index (κ2) is 6.29. The average Bonchev–Trinajstić information content (AvgIpc) is 3.22. The van der Waals surface area contributed by atoms with Gasteiger partial charge >= 0.3 is 0 Å². The molecule has 1 heterocycles. The van der Waals surface area contributed by atoms with Gasteiger partial charge in [-0.05, 0) is 19.3 Å². The Morgan fingerprint density at radius 2 is 2.16 bits per heavy atom. The Morgan fingerprint density at radius 3 is 2.74 bits per heavy atom. The summed E-state index contributed by atoms with van der Waals surface area (Å²) in [6.07, 6.45) is 4.88. The van der Waals surface area contributed by atoms with Gasteiger partial charge in [0.05, 0.1) is 0 Å². The predicted octanol–water partition coefficient (Wildman–Crippen LogP) is 1.21. The van der Waals surface area contributed by atoms with Crippen LogP contribution < -0.4 is 16.6 Å². The van der Waals surface area contributed by atoms with Crippen molar-refractivity contribution in [3.8, 4) is 0 Å². The van der Waals surface area contributed by atoms with Crippen molar-refractivity contribution < 1.29 is 4.21 Å². The fourth-order valence-corrected chi connectivity index (χ4v) is 2.17. The second-order valence-corrected chi connectivity index (χ2v) is 6.74. The molecule has 4 N–H and O–H groups in total. The number of hydrogen-bond donors (Lipinski definition) is 3. The molecule has 19 heavy (non-hydrogen) atoms. The minimum atomic E-state index is -0.781. The number of nitrogens with zero attached hydrogens (tertiary/aromatic N) is 2. The Hall–Kier alpha value is -1.21. The Morgan fingerprint density at radius 1 is 1.47 bits per heavy atom. The van der Waals surface area contributed by atoms with Gasteiger partial charge in [0.15, 0.2) is 0 Å². The molecule has 0 aliphatic heterocycles. The maximum Gasteiger partial charge on any atom is 0.145 e. The molecule has 0 saturated heterocycles. The van der Waals surface area contributed by atoms with Crippen LogP contribution in [0.5, 0.6) is 0 Å². The van der Waals surface area contributed by atoms with Crippen molar-refractivity contribution in [2.24, 2.45) is 5.84 Å². The third kappa shape index (κ3) is 4.14. The number of nitrogen functional groups attached to an aromatic ring is 1. The summed E-state index contributed by atoms with van der Waals surface area (Å²) in [5.74, 6) is 8.16. The topological polar surface area (TPSA) is 92.9 Å². The lowest BCUT2D eigenvalue weighted by molar-refractivity contribution is 0.672. The van der Waals surface area contributed by atoms with Crippen molar-refractivity contribution in [2.45, 2.75) is 37.4 Å². The molecule has 1 aliphatic rings. The van der Waals surface area contributed by atoms with Gasteiger partial charge in [-0.3, -0.25) is 4.21 Å². The number of anilines is 2. The molecule has 1 saturated carbocycles. The van der Waals surface area contributed by atoms with Crippen LogP contribution >= 0.6 is 0 Å². The summed E-state index contributed by atoms with van der Waals surface area (Å²) < 4.78 is 11.3. The lowest BCUT2D eigenvalue weighted by Crippen LogP contribution is -2.16. The number of aromatic nitrogens is 2. The largest absolute Gasteiger partial charge is 0.370 e. The van der Waals surface area contributed by atoms with E-state index in [0.717, 1.165) is 37.4 Å². The molecule has 1 aromatic heterocycles. The number of rotatable bonds is 7. The van der Waals surface area contributed by atoms with Gasteiger partial charge in [-0.15, -0.1) is 0 Å². The van der Waals surface area contributed by atoms with Crippen molar-refractivity contribution in [3.05, 3.63) is 11.9 Å². The molecule has 1 aromatic rings. The highest BCUT2D eigenvalue weighted by Gasteiger charge is 2.27. The normalized spacial score (nSPS) is 17.8. The fraction of sp³-hybridized carbons (Fsp3) is 0.667. The van der Waals surface area contributed by atoms with E-state index in [2.05, 4.69) is 20.7 Å². The van der Waals surface area contributed by atoms with Crippen molar-refractivity contribution in [2.75, 3.05) is 23.5 Å². The van der Waals surface area contributed by atoms with Crippen LogP contribution in [0.3, 0.4) is 0 Å². The Bertz CT molecular complexity index is 463. The average molecular weight is 283 g/mol. The zero-order valence-electron chi connectivity index (χ0n) is 11.3. The van der Waals surface area contributed by atoms with Crippen LogP contribution in [0.4, 0.5) is 11.6 Å². The first-order valence-electron chi connectivity index (χ1n) is 6.52. The molecule has 6 nitrogen and oxygen atoms in total. The molecule has 2 atom stereocenters. The summed E-state index contributed by atoms with van der Waals surface area (Å²) in [7, 11) is -0.781. The van der Waals surface area contributed by atoms with Gasteiger partial charge in [0.1, 0.15) is 17.5 Å². The Kier molecular flexibility index (Phi) is 4.71. The van der Waals surface area contributed by atoms with Crippen LogP contribution in [0, 0.1) is 0 Å². The molecule has 1 aliphatic carbocycles. The fourth-order valence-electron chi connectivity index (χ4n) is 1.72. The summed E-state index contributed by atoms with van der Waals surface area (Å²) in [6.45, 7) is 2.73. The Balaban J connectivity index is 1.95. The number of nitrogens with one attached hydrogen (secondary N) is 2. The van der Waals surface area contributed by atoms with E-state index in [9.17, 15) is 4.21 Å². The smallest absolute Gasteiger partial charge is 0.145 e. The van der Waals surface area contributed by atoms with Crippen molar-refractivity contribution in [1.29, 1.82) is 0 Å². The van der Waals surface area contributed by atoms with Gasteiger partial charge < -0.3 is 10.7 Å². The zero-order chi connectivity index (χ0) is 13.8. The summed E-state index contributed by atoms with van der Waals surface area (Å²) in [5, 5.41) is 3.43. The van der Waals surface area contributed by atoms with Crippen LogP contribution in [0.2, 0.25) is 0 Å². The number of hydrazine groups is 1. The molecule has 2 rings (SSSR count). The lowest BCUT2D eigenvalue weighted by Gasteiger charge is -2.11. The molecular weight excluding hydrogens is 262 g/mol. The van der Waals surface area contributed by atoms with Gasteiger partial charge in [-0.2, -0.15) is 0 Å². The van der Waals surface area contributed by atoms with Crippen LogP contribution in [-0.4, -0.2) is 32.2 Å². The van der Waals surface area contributed by atoms with Gasteiger partial charge in [0.25, 0.3) is 0 Å². The summed E-state index contributed by atoms with van der Waals surface area (Å²) in [6, 6.07) is 1.79. The van der Waals surface area contributed by atoms with E-state index < -0.39 is 10.8 Å². The molecule has 0 amide bonds. The van der Waals surface area contributed by atoms with Gasteiger partial charge in [-0.1, -0.05) is 6.92 Å². The minimum Gasteiger partial charge on any atom is -0.370 e. The Labute approximate surface area is 116 Å². The summed E-state index contributed by atoms with van der Waals surface area (Å²) >= 11 is 0. The molecule has 2 unspecified atom stereocenters. The first-order valence-corrected chi connectivity index (χ1v) is 8.14. The SMILES string of the molecule is CC(CCNc1cc(NN)nc(C2CC2)n1)S(C)=O. The van der Waals surface area contributed by atoms with E-state index in [1.165, 1.54) is 0 Å². The maximum absolute atomic E-state index is 11.3. The van der Waals surface area contributed by atoms with Gasteiger partial charge in [-0.25, -0.2) is 15.8 Å². The van der Waals surface area contributed by atoms with Crippen molar-refractivity contribution >= 4 is 22.4 Å². The first kappa shape index (κ1) is 14.2. The monoisotopic (exact) mass is 283 g/mol. The van der Waals surface area contributed by atoms with E-state index in [1.54, 1.807) is 12.3 Å². The molecule has 0 aromatic carbocycles. The van der Waals surface area contributed by atoms with E-state index in [0.29, 0.717) is 11.7 Å². The van der Waals surface area contributed by atoms with E-state index >= 15 is 0 Å². The third-order valence-electron chi connectivity index (χ3n) is 3.26. The quantitative estimate of drug-likeness (QED) is 0.514. The lowest BCUT2D eigenvalue weighted by atomic mass is 10.3. The molecule has 0 bridgehead atoms. The van der Waals surface area contributed by atoms with Crippen LogP contribution in [0.25, 0.3) is 0 Å². The van der Waals surface area contributed by atoms with E-state index in [-0.39, 0.29) is 5.25 Å². The minimum absolute atomic E-state index is 0.185. The van der Waals surface area contributed by atoms with E-state index in [1.807, 2.05) is 6.92 Å². The molecule has 106 valence electrons. The zero-order valence-corrected chi connectivity index (χ0v) is 12.2. The number of nitrogens with two attached hydrogens (primary N) is 1. The standard InChI is InChI=1S/C12H21N5OS/c1-8(19(2)18)5-6-14-10-7-11(17-13)16-12(15-10)9-3-4-9/h7-9H,3-6,13H2,1-2H3,(H2,14,15,16,17). The van der Waals surface area contributed by atoms with E-state index in [4.69, 9.17) is 5.84 Å². The molecule has 1 fully saturated rings. The maximum atomic E-state index is 11.3. The van der Waals surface area contributed by atoms with Crippen LogP contribution in [0.15, 0.2) is 6.07 Å². The molecule has 0 spiro atoms. The highest BCUT2D eigenvalue weighted by Crippen LogP contribution is 2.38. The van der Waals surface area contributed by atoms with Crippen molar-refractivity contribution in [1.82, 2.24) is 9.97 Å². The highest BCUT2D eigenvalue weighted by molar-refractivity contribution is 7.84. The highest BCUT2D eigenvalue weighted by atomic mass is 32.2. The predicted molar refractivity (Wildman–Crippen MR) is 78.5 cm³/mol. The molecule has 0 radical (unpaired) electrons. The van der Waals surface area contributed by atoms with Gasteiger partial charge in [0, 0.05) is 40.8 Å². The summed E-state index contributed by atoms with van der Waals surface area (Å²) in [5.41, 5.74) is 2.57. The first-order chi connectivity index (χ1) is 9.10. The van der Waals surface area contributed by atoms with Gasteiger partial charge in [0.2, 0.25) is 0 Å².